The minimum atomic E-state index is -0.587. The molecule has 0 saturated carbocycles. The Kier molecular flexibility index (Phi) is 6.41. The molecule has 0 unspecified atom stereocenters. The summed E-state index contributed by atoms with van der Waals surface area (Å²) in [5.74, 6) is 0.292. The van der Waals surface area contributed by atoms with Crippen LogP contribution in [0.15, 0.2) is 48.5 Å². The Morgan fingerprint density at radius 1 is 0.767 bits per heavy atom. The number of esters is 2. The van der Waals surface area contributed by atoms with Gasteiger partial charge in [-0.05, 0) is 40.6 Å². The number of fused-ring (bicyclic) bond motifs is 1. The van der Waals surface area contributed by atoms with Gasteiger partial charge in [0, 0.05) is 0 Å². The maximum Gasteiger partial charge on any atom is 0.341 e. The lowest BCUT2D eigenvalue weighted by atomic mass is 10.1. The molecule has 0 spiro atoms. The van der Waals surface area contributed by atoms with Crippen LogP contribution in [-0.4, -0.2) is 40.4 Å². The van der Waals surface area contributed by atoms with Gasteiger partial charge in [-0.25, -0.2) is 4.79 Å². The van der Waals surface area contributed by atoms with Crippen LogP contribution >= 0.6 is 0 Å². The first-order valence-electron chi connectivity index (χ1n) is 9.11. The lowest BCUT2D eigenvalue weighted by Gasteiger charge is -2.14. The van der Waals surface area contributed by atoms with Gasteiger partial charge < -0.3 is 23.7 Å². The van der Waals surface area contributed by atoms with Gasteiger partial charge >= 0.3 is 11.9 Å². The van der Waals surface area contributed by atoms with E-state index in [4.69, 9.17) is 23.7 Å². The van der Waals surface area contributed by atoms with Crippen LogP contribution in [0.4, 0.5) is 0 Å². The molecule has 3 aromatic rings. The molecule has 3 aromatic carbocycles. The number of carbonyl (C=O) groups is 2. The molecule has 0 heterocycles. The van der Waals surface area contributed by atoms with E-state index in [1.165, 1.54) is 28.4 Å². The Morgan fingerprint density at radius 2 is 1.37 bits per heavy atom. The summed E-state index contributed by atoms with van der Waals surface area (Å²) in [4.78, 5) is 24.8. The zero-order valence-corrected chi connectivity index (χ0v) is 17.2. The van der Waals surface area contributed by atoms with Crippen LogP contribution < -0.4 is 18.9 Å². The predicted octanol–water partition coefficient (Wildman–Crippen LogP) is 3.80. The number of ether oxygens (including phenoxy) is 5. The van der Waals surface area contributed by atoms with Gasteiger partial charge in [-0.2, -0.15) is 0 Å². The average Bonchev–Trinajstić information content (AvgIpc) is 2.77. The molecule has 0 amide bonds. The van der Waals surface area contributed by atoms with Crippen LogP contribution in [0.2, 0.25) is 0 Å². The van der Waals surface area contributed by atoms with Gasteiger partial charge in [0.15, 0.2) is 11.5 Å². The van der Waals surface area contributed by atoms with E-state index in [9.17, 15) is 9.59 Å². The summed E-state index contributed by atoms with van der Waals surface area (Å²) in [7, 11) is 5.77. The fourth-order valence-corrected chi connectivity index (χ4v) is 3.14. The summed E-state index contributed by atoms with van der Waals surface area (Å²) >= 11 is 0. The van der Waals surface area contributed by atoms with Gasteiger partial charge in [-0.3, -0.25) is 4.79 Å². The first-order chi connectivity index (χ1) is 14.5. The van der Waals surface area contributed by atoms with E-state index in [1.807, 2.05) is 24.3 Å². The summed E-state index contributed by atoms with van der Waals surface area (Å²) in [5.41, 5.74) is 0.782. The Hall–Kier alpha value is -3.74. The minimum Gasteiger partial charge on any atom is -0.493 e. The van der Waals surface area contributed by atoms with Crippen molar-refractivity contribution in [1.29, 1.82) is 0 Å². The molecule has 0 fully saturated rings. The first kappa shape index (κ1) is 21.0. The van der Waals surface area contributed by atoms with E-state index in [0.29, 0.717) is 22.8 Å². The van der Waals surface area contributed by atoms with E-state index in [0.717, 1.165) is 10.8 Å². The third-order valence-corrected chi connectivity index (χ3v) is 4.55. The van der Waals surface area contributed by atoms with Crippen molar-refractivity contribution in [2.24, 2.45) is 0 Å². The van der Waals surface area contributed by atoms with Crippen molar-refractivity contribution >= 4 is 22.7 Å². The van der Waals surface area contributed by atoms with Crippen molar-refractivity contribution in [3.63, 3.8) is 0 Å². The van der Waals surface area contributed by atoms with Crippen molar-refractivity contribution in [2.45, 2.75) is 6.42 Å². The van der Waals surface area contributed by atoms with E-state index in [1.54, 1.807) is 24.3 Å². The second-order valence-electron chi connectivity index (χ2n) is 6.37. The molecule has 0 saturated heterocycles. The summed E-state index contributed by atoms with van der Waals surface area (Å²) in [6.45, 7) is 0. The summed E-state index contributed by atoms with van der Waals surface area (Å²) in [5, 5.41) is 1.67. The average molecular weight is 410 g/mol. The second-order valence-corrected chi connectivity index (χ2v) is 6.37. The van der Waals surface area contributed by atoms with Crippen LogP contribution in [0.3, 0.4) is 0 Å². The SMILES string of the molecule is COC(=O)c1cc2ccccc2cc1OC(=O)Cc1cc(OC)c(OC)c(OC)c1. The summed E-state index contributed by atoms with van der Waals surface area (Å²) in [6.07, 6.45) is -0.0653. The molecule has 3 rings (SSSR count). The number of benzene rings is 3. The van der Waals surface area contributed by atoms with Crippen LogP contribution in [0.25, 0.3) is 10.8 Å². The van der Waals surface area contributed by atoms with E-state index < -0.39 is 11.9 Å². The smallest absolute Gasteiger partial charge is 0.341 e. The fourth-order valence-electron chi connectivity index (χ4n) is 3.14. The van der Waals surface area contributed by atoms with Crippen molar-refractivity contribution in [3.8, 4) is 23.0 Å². The lowest BCUT2D eigenvalue weighted by molar-refractivity contribution is -0.133. The minimum absolute atomic E-state index is 0.0653. The second kappa shape index (κ2) is 9.17. The fraction of sp³-hybridized carbons (Fsp3) is 0.217. The molecule has 0 bridgehead atoms. The molecule has 7 nitrogen and oxygen atoms in total. The zero-order valence-electron chi connectivity index (χ0n) is 17.2. The van der Waals surface area contributed by atoms with Crippen molar-refractivity contribution in [2.75, 3.05) is 28.4 Å². The van der Waals surface area contributed by atoms with Gasteiger partial charge in [-0.15, -0.1) is 0 Å². The third kappa shape index (κ3) is 4.30. The molecular weight excluding hydrogens is 388 g/mol. The van der Waals surface area contributed by atoms with Crippen molar-refractivity contribution in [3.05, 3.63) is 59.7 Å². The molecule has 0 aliphatic rings. The van der Waals surface area contributed by atoms with Crippen LogP contribution in [0.1, 0.15) is 15.9 Å². The lowest BCUT2D eigenvalue weighted by Crippen LogP contribution is -2.14. The molecule has 0 aliphatic heterocycles. The standard InChI is InChI=1S/C23H22O7/c1-26-19-9-14(10-20(27-2)22(19)28-3)11-21(24)30-18-13-16-8-6-5-7-15(16)12-17(18)23(25)29-4/h5-10,12-13H,11H2,1-4H3. The Balaban J connectivity index is 1.91. The molecule has 0 radical (unpaired) electrons. The molecule has 7 heteroatoms. The maximum atomic E-state index is 12.6. The number of rotatable bonds is 7. The Labute approximate surface area is 174 Å². The van der Waals surface area contributed by atoms with Gasteiger partial charge in [0.1, 0.15) is 11.3 Å². The van der Waals surface area contributed by atoms with Crippen LogP contribution in [-0.2, 0) is 16.0 Å². The maximum absolute atomic E-state index is 12.6. The normalized spacial score (nSPS) is 10.4. The van der Waals surface area contributed by atoms with E-state index in [-0.39, 0.29) is 17.7 Å². The monoisotopic (exact) mass is 410 g/mol. The highest BCUT2D eigenvalue weighted by molar-refractivity contribution is 5.99. The topological polar surface area (TPSA) is 80.3 Å². The molecule has 0 atom stereocenters. The van der Waals surface area contributed by atoms with E-state index >= 15 is 0 Å². The largest absolute Gasteiger partial charge is 0.493 e. The number of hydrogen-bond acceptors (Lipinski definition) is 7. The summed E-state index contributed by atoms with van der Waals surface area (Å²) < 4.78 is 26.3. The van der Waals surface area contributed by atoms with Gasteiger partial charge in [0.25, 0.3) is 0 Å². The highest BCUT2D eigenvalue weighted by Crippen LogP contribution is 2.38. The van der Waals surface area contributed by atoms with Gasteiger partial charge in [0.05, 0.1) is 34.9 Å². The molecule has 0 N–H and O–H groups in total. The summed E-state index contributed by atoms with van der Waals surface area (Å²) in [6, 6.07) is 14.1. The molecule has 0 aromatic heterocycles. The van der Waals surface area contributed by atoms with Gasteiger partial charge in [-0.1, -0.05) is 24.3 Å². The van der Waals surface area contributed by atoms with Crippen LogP contribution in [0.5, 0.6) is 23.0 Å². The molecular formula is C23H22O7. The highest BCUT2D eigenvalue weighted by atomic mass is 16.5. The molecule has 156 valence electrons. The van der Waals surface area contributed by atoms with Crippen molar-refractivity contribution in [1.82, 2.24) is 0 Å². The Morgan fingerprint density at radius 3 is 1.90 bits per heavy atom. The van der Waals surface area contributed by atoms with Crippen LogP contribution in [0, 0.1) is 0 Å². The number of carbonyl (C=O) groups excluding carboxylic acids is 2. The quantitative estimate of drug-likeness (QED) is 0.433. The molecule has 30 heavy (non-hydrogen) atoms. The van der Waals surface area contributed by atoms with Gasteiger partial charge in [0.2, 0.25) is 5.75 Å². The first-order valence-corrected chi connectivity index (χ1v) is 9.11. The Bertz CT molecular complexity index is 1060. The number of hydrogen-bond donors (Lipinski definition) is 0. The zero-order chi connectivity index (χ0) is 21.7. The number of methoxy groups -OCH3 is 4. The highest BCUT2D eigenvalue weighted by Gasteiger charge is 2.19. The van der Waals surface area contributed by atoms with Crippen molar-refractivity contribution < 1.29 is 33.3 Å². The van der Waals surface area contributed by atoms with E-state index in [2.05, 4.69) is 0 Å². The molecule has 0 aliphatic carbocycles. The third-order valence-electron chi connectivity index (χ3n) is 4.55. The predicted molar refractivity (Wildman–Crippen MR) is 111 cm³/mol.